The van der Waals surface area contributed by atoms with E-state index in [1.807, 2.05) is 13.8 Å². The first-order valence-electron chi connectivity index (χ1n) is 4.46. The summed E-state index contributed by atoms with van der Waals surface area (Å²) in [7, 11) is 1.35. The van der Waals surface area contributed by atoms with Gasteiger partial charge in [0, 0.05) is 6.04 Å². The van der Waals surface area contributed by atoms with Gasteiger partial charge in [0.2, 0.25) is 5.95 Å². The van der Waals surface area contributed by atoms with Gasteiger partial charge in [0.15, 0.2) is 5.16 Å². The van der Waals surface area contributed by atoms with Gasteiger partial charge in [-0.2, -0.15) is 0 Å². The Labute approximate surface area is 92.2 Å². The van der Waals surface area contributed by atoms with Crippen molar-refractivity contribution in [3.63, 3.8) is 0 Å². The monoisotopic (exact) mass is 230 g/mol. The lowest BCUT2D eigenvalue weighted by Crippen LogP contribution is -2.09. The number of thioether (sulfide) groups is 1. The summed E-state index contributed by atoms with van der Waals surface area (Å²) in [6.07, 6.45) is 0. The van der Waals surface area contributed by atoms with Crippen LogP contribution in [-0.4, -0.2) is 33.6 Å². The average molecular weight is 230 g/mol. The lowest BCUT2D eigenvalue weighted by Gasteiger charge is -2.10. The van der Waals surface area contributed by atoms with Gasteiger partial charge in [-0.1, -0.05) is 11.8 Å². The molecular formula is C8H14N4O2S. The highest BCUT2D eigenvalue weighted by Crippen LogP contribution is 2.22. The lowest BCUT2D eigenvalue weighted by molar-refractivity contribution is -0.137. The largest absolute Gasteiger partial charge is 0.468 e. The third kappa shape index (κ3) is 2.85. The Kier molecular flexibility index (Phi) is 3.96. The second kappa shape index (κ2) is 5.01. The van der Waals surface area contributed by atoms with Crippen LogP contribution in [0.2, 0.25) is 0 Å². The minimum Gasteiger partial charge on any atom is -0.468 e. The Morgan fingerprint density at radius 1 is 1.60 bits per heavy atom. The minimum atomic E-state index is -0.295. The smallest absolute Gasteiger partial charge is 0.316 e. The SMILES string of the molecule is COC(=O)CSc1nnc(N)n1C(C)C. The number of hydrogen-bond donors (Lipinski definition) is 1. The van der Waals surface area contributed by atoms with Crippen LogP contribution < -0.4 is 5.73 Å². The molecule has 0 amide bonds. The summed E-state index contributed by atoms with van der Waals surface area (Å²) in [5.74, 6) is 0.274. The van der Waals surface area contributed by atoms with Gasteiger partial charge in [-0.05, 0) is 13.8 Å². The second-order valence-corrected chi connectivity index (χ2v) is 4.11. The molecular weight excluding hydrogens is 216 g/mol. The van der Waals surface area contributed by atoms with E-state index in [1.54, 1.807) is 4.57 Å². The van der Waals surface area contributed by atoms with Gasteiger partial charge in [0.05, 0.1) is 12.9 Å². The molecule has 6 nitrogen and oxygen atoms in total. The molecule has 15 heavy (non-hydrogen) atoms. The number of rotatable bonds is 4. The fourth-order valence-corrected chi connectivity index (χ4v) is 1.96. The van der Waals surface area contributed by atoms with Crippen LogP contribution in [0.5, 0.6) is 0 Å². The highest BCUT2D eigenvalue weighted by molar-refractivity contribution is 7.99. The highest BCUT2D eigenvalue weighted by Gasteiger charge is 2.14. The minimum absolute atomic E-state index is 0.167. The fourth-order valence-electron chi connectivity index (χ4n) is 1.05. The van der Waals surface area contributed by atoms with E-state index >= 15 is 0 Å². The number of nitrogen functional groups attached to an aromatic ring is 1. The number of esters is 1. The normalized spacial score (nSPS) is 10.7. The molecule has 0 aliphatic heterocycles. The maximum absolute atomic E-state index is 10.9. The van der Waals surface area contributed by atoms with Gasteiger partial charge in [-0.3, -0.25) is 9.36 Å². The summed E-state index contributed by atoms with van der Waals surface area (Å²) in [6, 6.07) is 0.167. The Morgan fingerprint density at radius 2 is 2.27 bits per heavy atom. The van der Waals surface area contributed by atoms with Crippen molar-refractivity contribution in [1.29, 1.82) is 0 Å². The lowest BCUT2D eigenvalue weighted by atomic mass is 10.4. The molecule has 0 bridgehead atoms. The van der Waals surface area contributed by atoms with Crippen LogP contribution in [0, 0.1) is 0 Å². The first kappa shape index (κ1) is 11.8. The van der Waals surface area contributed by atoms with Crippen molar-refractivity contribution < 1.29 is 9.53 Å². The molecule has 7 heteroatoms. The zero-order valence-electron chi connectivity index (χ0n) is 8.93. The second-order valence-electron chi connectivity index (χ2n) is 3.17. The van der Waals surface area contributed by atoms with Crippen molar-refractivity contribution in [3.8, 4) is 0 Å². The molecule has 2 N–H and O–H groups in total. The molecule has 0 radical (unpaired) electrons. The number of carbonyl (C=O) groups excluding carboxylic acids is 1. The first-order valence-corrected chi connectivity index (χ1v) is 5.44. The summed E-state index contributed by atoms with van der Waals surface area (Å²) in [6.45, 7) is 3.95. The average Bonchev–Trinajstić information content (AvgIpc) is 2.56. The van der Waals surface area contributed by atoms with Crippen molar-refractivity contribution in [2.24, 2.45) is 0 Å². The first-order chi connectivity index (χ1) is 7.06. The van der Waals surface area contributed by atoms with Gasteiger partial charge in [0.25, 0.3) is 0 Å². The standard InChI is InChI=1S/C8H14N4O2S/c1-5(2)12-7(9)10-11-8(12)15-4-6(13)14-3/h5H,4H2,1-3H3,(H2,9,10). The Hall–Kier alpha value is -1.24. The Bertz CT molecular complexity index is 350. The molecule has 1 heterocycles. The van der Waals surface area contributed by atoms with E-state index < -0.39 is 0 Å². The van der Waals surface area contributed by atoms with Gasteiger partial charge in [-0.25, -0.2) is 0 Å². The zero-order valence-corrected chi connectivity index (χ0v) is 9.74. The molecule has 0 spiro atoms. The number of carbonyl (C=O) groups is 1. The molecule has 0 atom stereocenters. The molecule has 0 aliphatic carbocycles. The van der Waals surface area contributed by atoms with Crippen LogP contribution >= 0.6 is 11.8 Å². The van der Waals surface area contributed by atoms with E-state index in [0.29, 0.717) is 11.1 Å². The van der Waals surface area contributed by atoms with Crippen LogP contribution in [0.4, 0.5) is 5.95 Å². The van der Waals surface area contributed by atoms with E-state index in [2.05, 4.69) is 14.9 Å². The van der Waals surface area contributed by atoms with Gasteiger partial charge in [0.1, 0.15) is 0 Å². The number of nitrogens with zero attached hydrogens (tertiary/aromatic N) is 3. The summed E-state index contributed by atoms with van der Waals surface area (Å²) in [4.78, 5) is 10.9. The number of methoxy groups -OCH3 is 1. The maximum atomic E-state index is 10.9. The third-order valence-corrected chi connectivity index (χ3v) is 2.67. The molecule has 84 valence electrons. The molecule has 0 unspecified atom stereocenters. The van der Waals surface area contributed by atoms with Crippen LogP contribution in [-0.2, 0) is 9.53 Å². The molecule has 0 fully saturated rings. The third-order valence-electron chi connectivity index (χ3n) is 1.75. The Balaban J connectivity index is 2.73. The quantitative estimate of drug-likeness (QED) is 0.605. The predicted molar refractivity (Wildman–Crippen MR) is 57.6 cm³/mol. The van der Waals surface area contributed by atoms with E-state index in [4.69, 9.17) is 5.73 Å². The van der Waals surface area contributed by atoms with E-state index in [-0.39, 0.29) is 17.8 Å². The molecule has 0 saturated carbocycles. The summed E-state index contributed by atoms with van der Waals surface area (Å²) in [5.41, 5.74) is 5.64. The van der Waals surface area contributed by atoms with E-state index in [1.165, 1.54) is 18.9 Å². The highest BCUT2D eigenvalue weighted by atomic mass is 32.2. The number of nitrogens with two attached hydrogens (primary N) is 1. The van der Waals surface area contributed by atoms with Crippen molar-refractivity contribution in [1.82, 2.24) is 14.8 Å². The predicted octanol–water partition coefficient (Wildman–Crippen LogP) is 0.706. The molecule has 1 aromatic heterocycles. The summed E-state index contributed by atoms with van der Waals surface area (Å²) in [5, 5.41) is 8.28. The van der Waals surface area contributed by atoms with Crippen LogP contribution in [0.15, 0.2) is 5.16 Å². The summed E-state index contributed by atoms with van der Waals surface area (Å²) >= 11 is 1.26. The molecule has 1 rings (SSSR count). The van der Waals surface area contributed by atoms with Crippen LogP contribution in [0.25, 0.3) is 0 Å². The molecule has 0 aliphatic rings. The molecule has 0 saturated heterocycles. The maximum Gasteiger partial charge on any atom is 0.316 e. The van der Waals surface area contributed by atoms with Gasteiger partial charge >= 0.3 is 5.97 Å². The molecule has 0 aromatic carbocycles. The number of hydrogen-bond acceptors (Lipinski definition) is 6. The molecule has 1 aromatic rings. The fraction of sp³-hybridized carbons (Fsp3) is 0.625. The topological polar surface area (TPSA) is 83.0 Å². The van der Waals surface area contributed by atoms with Crippen LogP contribution in [0.1, 0.15) is 19.9 Å². The Morgan fingerprint density at radius 3 is 2.80 bits per heavy atom. The summed E-state index contributed by atoms with van der Waals surface area (Å²) < 4.78 is 6.30. The number of ether oxygens (including phenoxy) is 1. The van der Waals surface area contributed by atoms with E-state index in [0.717, 1.165) is 0 Å². The van der Waals surface area contributed by atoms with Crippen molar-refractivity contribution >= 4 is 23.7 Å². The van der Waals surface area contributed by atoms with Crippen molar-refractivity contribution in [2.75, 3.05) is 18.6 Å². The van der Waals surface area contributed by atoms with Gasteiger partial charge < -0.3 is 10.5 Å². The zero-order chi connectivity index (χ0) is 11.4. The van der Waals surface area contributed by atoms with Gasteiger partial charge in [-0.15, -0.1) is 10.2 Å². The van der Waals surface area contributed by atoms with E-state index in [9.17, 15) is 4.79 Å². The van der Waals surface area contributed by atoms with Crippen molar-refractivity contribution in [2.45, 2.75) is 25.0 Å². The van der Waals surface area contributed by atoms with Crippen LogP contribution in [0.3, 0.4) is 0 Å². The van der Waals surface area contributed by atoms with Crippen molar-refractivity contribution in [3.05, 3.63) is 0 Å². The number of anilines is 1. The number of aromatic nitrogens is 3.